The van der Waals surface area contributed by atoms with Crippen molar-refractivity contribution < 1.29 is 4.74 Å². The maximum Gasteiger partial charge on any atom is 0.125 e. The van der Waals surface area contributed by atoms with Crippen LogP contribution in [0.15, 0.2) is 23.1 Å². The Morgan fingerprint density at radius 3 is 2.50 bits per heavy atom. The van der Waals surface area contributed by atoms with Gasteiger partial charge in [0.1, 0.15) is 5.75 Å². The maximum absolute atomic E-state index is 5.95. The first kappa shape index (κ1) is 13.4. The fraction of sp³-hybridized carbons (Fsp3) is 0.538. The van der Waals surface area contributed by atoms with Crippen molar-refractivity contribution in [1.29, 1.82) is 0 Å². The average Bonchev–Trinajstić information content (AvgIpc) is 2.28. The predicted molar refractivity (Wildman–Crippen MR) is 71.0 cm³/mol. The largest absolute Gasteiger partial charge is 0.490 e. The minimum absolute atomic E-state index is 0.211. The molecule has 0 amide bonds. The highest BCUT2D eigenvalue weighted by Crippen LogP contribution is 2.29. The van der Waals surface area contributed by atoms with Crippen LogP contribution in [0.2, 0.25) is 0 Å². The first-order chi connectivity index (χ1) is 7.60. The Kier molecular flexibility index (Phi) is 5.16. The fourth-order valence-electron chi connectivity index (χ4n) is 1.38. The maximum atomic E-state index is 5.95. The molecule has 0 aliphatic heterocycles. The molecule has 0 fully saturated rings. The molecule has 0 aliphatic rings. The molecule has 2 N–H and O–H groups in total. The monoisotopic (exact) mass is 239 g/mol. The molecule has 0 aliphatic carbocycles. The molecule has 1 aromatic rings. The molecule has 0 saturated carbocycles. The molecule has 0 heterocycles. The van der Waals surface area contributed by atoms with Gasteiger partial charge in [0.25, 0.3) is 0 Å². The zero-order valence-corrected chi connectivity index (χ0v) is 11.3. The van der Waals surface area contributed by atoms with Gasteiger partial charge in [0.2, 0.25) is 0 Å². The minimum atomic E-state index is 0.211. The zero-order chi connectivity index (χ0) is 12.1. The van der Waals surface area contributed by atoms with Crippen LogP contribution >= 0.6 is 11.8 Å². The highest BCUT2D eigenvalue weighted by Gasteiger charge is 2.13. The second-order valence-corrected chi connectivity index (χ2v) is 5.06. The summed E-state index contributed by atoms with van der Waals surface area (Å²) in [5, 5.41) is 0. The van der Waals surface area contributed by atoms with Gasteiger partial charge in [-0.2, -0.15) is 0 Å². The van der Waals surface area contributed by atoms with Crippen LogP contribution in [0.5, 0.6) is 5.75 Å². The summed E-state index contributed by atoms with van der Waals surface area (Å²) >= 11 is 1.71. The lowest BCUT2D eigenvalue weighted by molar-refractivity contribution is 0.168. The molecule has 0 spiro atoms. The third-order valence-electron chi connectivity index (χ3n) is 2.77. The van der Waals surface area contributed by atoms with Crippen molar-refractivity contribution in [2.24, 2.45) is 11.7 Å². The molecule has 1 aromatic carbocycles. The summed E-state index contributed by atoms with van der Waals surface area (Å²) in [6, 6.07) is 6.11. The van der Waals surface area contributed by atoms with Gasteiger partial charge in [-0.3, -0.25) is 0 Å². The van der Waals surface area contributed by atoms with Crippen LogP contribution in [-0.2, 0) is 6.54 Å². The van der Waals surface area contributed by atoms with Crippen molar-refractivity contribution >= 4 is 11.8 Å². The van der Waals surface area contributed by atoms with E-state index in [-0.39, 0.29) is 6.10 Å². The van der Waals surface area contributed by atoms with Gasteiger partial charge >= 0.3 is 0 Å². The van der Waals surface area contributed by atoms with Crippen LogP contribution in [0.4, 0.5) is 0 Å². The van der Waals surface area contributed by atoms with E-state index in [0.29, 0.717) is 12.5 Å². The van der Waals surface area contributed by atoms with E-state index in [4.69, 9.17) is 10.5 Å². The van der Waals surface area contributed by atoms with Crippen LogP contribution < -0.4 is 10.5 Å². The van der Waals surface area contributed by atoms with E-state index < -0.39 is 0 Å². The predicted octanol–water partition coefficient (Wildman–Crippen LogP) is 3.29. The number of rotatable bonds is 5. The van der Waals surface area contributed by atoms with E-state index in [1.54, 1.807) is 11.8 Å². The van der Waals surface area contributed by atoms with Gasteiger partial charge in [0.05, 0.1) is 6.10 Å². The van der Waals surface area contributed by atoms with Gasteiger partial charge in [0.15, 0.2) is 0 Å². The third kappa shape index (κ3) is 3.16. The summed E-state index contributed by atoms with van der Waals surface area (Å²) in [4.78, 5) is 1.20. The Morgan fingerprint density at radius 1 is 1.31 bits per heavy atom. The highest BCUT2D eigenvalue weighted by molar-refractivity contribution is 7.98. The summed E-state index contributed by atoms with van der Waals surface area (Å²) in [6.45, 7) is 6.93. The van der Waals surface area contributed by atoms with E-state index in [1.165, 1.54) is 4.90 Å². The molecule has 1 rings (SSSR count). The molecule has 16 heavy (non-hydrogen) atoms. The number of hydrogen-bond donors (Lipinski definition) is 1. The fourth-order valence-corrected chi connectivity index (χ4v) is 2.03. The summed E-state index contributed by atoms with van der Waals surface area (Å²) in [7, 11) is 0. The molecule has 2 nitrogen and oxygen atoms in total. The molecule has 0 bridgehead atoms. The average molecular weight is 239 g/mol. The van der Waals surface area contributed by atoms with Gasteiger partial charge in [0, 0.05) is 17.0 Å². The van der Waals surface area contributed by atoms with Crippen molar-refractivity contribution in [3.63, 3.8) is 0 Å². The van der Waals surface area contributed by atoms with Gasteiger partial charge in [-0.25, -0.2) is 0 Å². The SMILES string of the molecule is CSc1cccc(OC(C)C(C)C)c1CN. The highest BCUT2D eigenvalue weighted by atomic mass is 32.2. The number of ether oxygens (including phenoxy) is 1. The van der Waals surface area contributed by atoms with Crippen LogP contribution in [0.25, 0.3) is 0 Å². The van der Waals surface area contributed by atoms with Crippen molar-refractivity contribution in [2.75, 3.05) is 6.26 Å². The number of benzene rings is 1. The molecule has 0 aromatic heterocycles. The lowest BCUT2D eigenvalue weighted by atomic mass is 10.1. The molecule has 3 heteroatoms. The minimum Gasteiger partial charge on any atom is -0.490 e. The molecule has 0 radical (unpaired) electrons. The molecule has 1 unspecified atom stereocenters. The molecule has 90 valence electrons. The summed E-state index contributed by atoms with van der Waals surface area (Å²) in [5.74, 6) is 1.43. The smallest absolute Gasteiger partial charge is 0.125 e. The van der Waals surface area contributed by atoms with E-state index in [1.807, 2.05) is 12.1 Å². The van der Waals surface area contributed by atoms with Gasteiger partial charge in [-0.05, 0) is 31.2 Å². The summed E-state index contributed by atoms with van der Waals surface area (Å²) in [5.41, 5.74) is 6.90. The summed E-state index contributed by atoms with van der Waals surface area (Å²) < 4.78 is 5.95. The van der Waals surface area contributed by atoms with Crippen LogP contribution in [-0.4, -0.2) is 12.4 Å². The van der Waals surface area contributed by atoms with E-state index in [2.05, 4.69) is 33.1 Å². The van der Waals surface area contributed by atoms with Crippen molar-refractivity contribution in [3.05, 3.63) is 23.8 Å². The van der Waals surface area contributed by atoms with Crippen LogP contribution in [0.3, 0.4) is 0 Å². The van der Waals surface area contributed by atoms with E-state index in [9.17, 15) is 0 Å². The number of hydrogen-bond acceptors (Lipinski definition) is 3. The molecular weight excluding hydrogens is 218 g/mol. The van der Waals surface area contributed by atoms with Crippen LogP contribution in [0, 0.1) is 5.92 Å². The third-order valence-corrected chi connectivity index (χ3v) is 3.59. The molecule has 0 saturated heterocycles. The Hall–Kier alpha value is -0.670. The van der Waals surface area contributed by atoms with E-state index >= 15 is 0 Å². The lowest BCUT2D eigenvalue weighted by Crippen LogP contribution is -2.20. The normalized spacial score (nSPS) is 12.9. The van der Waals surface area contributed by atoms with E-state index in [0.717, 1.165) is 11.3 Å². The van der Waals surface area contributed by atoms with Crippen molar-refractivity contribution in [1.82, 2.24) is 0 Å². The first-order valence-corrected chi connectivity index (χ1v) is 6.85. The number of nitrogens with two attached hydrogens (primary N) is 1. The van der Waals surface area contributed by atoms with Gasteiger partial charge in [-0.1, -0.05) is 19.9 Å². The second-order valence-electron chi connectivity index (χ2n) is 4.21. The quantitative estimate of drug-likeness (QED) is 0.801. The van der Waals surface area contributed by atoms with Crippen LogP contribution in [0.1, 0.15) is 26.3 Å². The standard InChI is InChI=1S/C13H21NOS/c1-9(2)10(3)15-12-6-5-7-13(16-4)11(12)8-14/h5-7,9-10H,8,14H2,1-4H3. The topological polar surface area (TPSA) is 35.2 Å². The zero-order valence-electron chi connectivity index (χ0n) is 10.5. The second kappa shape index (κ2) is 6.16. The number of thioether (sulfide) groups is 1. The molecular formula is C13H21NOS. The van der Waals surface area contributed by atoms with Gasteiger partial charge in [-0.15, -0.1) is 11.8 Å². The lowest BCUT2D eigenvalue weighted by Gasteiger charge is -2.21. The molecule has 1 atom stereocenters. The first-order valence-electron chi connectivity index (χ1n) is 5.62. The Balaban J connectivity index is 2.95. The van der Waals surface area contributed by atoms with Crippen molar-refractivity contribution in [3.8, 4) is 5.75 Å². The summed E-state index contributed by atoms with van der Waals surface area (Å²) in [6.07, 6.45) is 2.27. The Bertz CT molecular complexity index is 339. The van der Waals surface area contributed by atoms with Gasteiger partial charge < -0.3 is 10.5 Å². The Morgan fingerprint density at radius 2 is 2.00 bits per heavy atom. The van der Waals surface area contributed by atoms with Crippen molar-refractivity contribution in [2.45, 2.75) is 38.3 Å². The Labute approximate surface area is 103 Å².